The highest BCUT2D eigenvalue weighted by Crippen LogP contribution is 2.39. The van der Waals surface area contributed by atoms with Crippen LogP contribution < -0.4 is 5.32 Å². The summed E-state index contributed by atoms with van der Waals surface area (Å²) >= 11 is 0. The molecule has 1 heterocycles. The Labute approximate surface area is 188 Å². The Balaban J connectivity index is 1.68. The van der Waals surface area contributed by atoms with Gasteiger partial charge in [0.05, 0.1) is 5.92 Å². The zero-order chi connectivity index (χ0) is 22.4. The molecule has 3 aromatic carbocycles. The van der Waals surface area contributed by atoms with E-state index in [1.165, 1.54) is 5.56 Å². The summed E-state index contributed by atoms with van der Waals surface area (Å²) in [6.45, 7) is 0.687. The van der Waals surface area contributed by atoms with Crippen molar-refractivity contribution in [2.75, 3.05) is 13.2 Å². The number of aliphatic carboxylic acids is 1. The Morgan fingerprint density at radius 2 is 1.41 bits per heavy atom. The predicted molar refractivity (Wildman–Crippen MR) is 122 cm³/mol. The number of ether oxygens (including phenoxy) is 1. The van der Waals surface area contributed by atoms with Crippen LogP contribution in [0, 0.1) is 5.92 Å². The number of nitrogens with one attached hydrogen (secondary N) is 1. The van der Waals surface area contributed by atoms with Gasteiger partial charge in [-0.15, -0.1) is 0 Å². The molecular weight excluding hydrogens is 402 g/mol. The molecule has 0 unspecified atom stereocenters. The molecule has 32 heavy (non-hydrogen) atoms. The highest BCUT2D eigenvalue weighted by atomic mass is 16.5. The van der Waals surface area contributed by atoms with E-state index in [4.69, 9.17) is 4.74 Å². The van der Waals surface area contributed by atoms with E-state index in [2.05, 4.69) is 17.4 Å². The molecule has 1 aliphatic heterocycles. The Morgan fingerprint density at radius 1 is 0.875 bits per heavy atom. The molecule has 5 nitrogen and oxygen atoms in total. The van der Waals surface area contributed by atoms with Crippen molar-refractivity contribution in [3.63, 3.8) is 0 Å². The second-order valence-electron chi connectivity index (χ2n) is 8.05. The van der Waals surface area contributed by atoms with Crippen LogP contribution in [-0.2, 0) is 26.3 Å². The van der Waals surface area contributed by atoms with Crippen LogP contribution in [0.3, 0.4) is 0 Å². The summed E-state index contributed by atoms with van der Waals surface area (Å²) in [5.74, 6) is -1.91. The lowest BCUT2D eigenvalue weighted by Crippen LogP contribution is -2.64. The highest BCUT2D eigenvalue weighted by Gasteiger charge is 2.52. The summed E-state index contributed by atoms with van der Waals surface area (Å²) in [5, 5.41) is 12.4. The lowest BCUT2D eigenvalue weighted by molar-refractivity contribution is -0.156. The topological polar surface area (TPSA) is 75.6 Å². The van der Waals surface area contributed by atoms with Crippen molar-refractivity contribution < 1.29 is 19.4 Å². The maximum Gasteiger partial charge on any atom is 0.321 e. The van der Waals surface area contributed by atoms with Crippen molar-refractivity contribution in [2.45, 2.75) is 24.5 Å². The van der Waals surface area contributed by atoms with Crippen LogP contribution in [0.25, 0.3) is 0 Å². The van der Waals surface area contributed by atoms with Gasteiger partial charge in [-0.3, -0.25) is 9.59 Å². The lowest BCUT2D eigenvalue weighted by Gasteiger charge is -2.42. The molecule has 0 aromatic heterocycles. The molecule has 0 spiro atoms. The molecule has 1 fully saturated rings. The molecule has 0 bridgehead atoms. The van der Waals surface area contributed by atoms with Crippen molar-refractivity contribution in [2.24, 2.45) is 5.92 Å². The first-order valence-corrected chi connectivity index (χ1v) is 10.9. The molecule has 0 aliphatic carbocycles. The molecule has 2 N–H and O–H groups in total. The molecule has 2 atom stereocenters. The molecule has 1 aliphatic rings. The Bertz CT molecular complexity index is 998. The zero-order valence-corrected chi connectivity index (χ0v) is 17.8. The van der Waals surface area contributed by atoms with E-state index < -0.39 is 23.5 Å². The molecule has 4 rings (SSSR count). The predicted octanol–water partition coefficient (Wildman–Crippen LogP) is 3.82. The van der Waals surface area contributed by atoms with Crippen molar-refractivity contribution in [3.05, 3.63) is 108 Å². The number of aryl methyl sites for hydroxylation is 1. The average Bonchev–Trinajstić information content (AvgIpc) is 2.80. The third-order valence-corrected chi connectivity index (χ3v) is 6.04. The number of ketones is 1. The van der Waals surface area contributed by atoms with Gasteiger partial charge in [0, 0.05) is 13.2 Å². The maximum atomic E-state index is 14.0. The number of carbonyl (C=O) groups excluding carboxylic acids is 1. The summed E-state index contributed by atoms with van der Waals surface area (Å²) in [7, 11) is 0. The molecular formula is C27H27NO4. The standard InChI is InChI=1S/C27H27NO4/c29-25(23-19-28-24(23)26(30)31)27(21-14-6-2-7-15-21,22-16-8-3-9-17-22)32-18-10-13-20-11-4-1-5-12-20/h1-9,11-12,14-17,23-24,28H,10,13,18-19H2,(H,30,31)/t23-,24-/m0/s1. The van der Waals surface area contributed by atoms with Gasteiger partial charge in [0.15, 0.2) is 11.4 Å². The zero-order valence-electron chi connectivity index (χ0n) is 17.8. The van der Waals surface area contributed by atoms with Gasteiger partial charge in [-0.1, -0.05) is 91.0 Å². The van der Waals surface area contributed by atoms with Crippen molar-refractivity contribution >= 4 is 11.8 Å². The number of rotatable bonds is 10. The smallest absolute Gasteiger partial charge is 0.321 e. The van der Waals surface area contributed by atoms with Crippen LogP contribution in [0.2, 0.25) is 0 Å². The fourth-order valence-electron chi connectivity index (χ4n) is 4.30. The third kappa shape index (κ3) is 4.35. The normalized spacial score (nSPS) is 18.0. The first-order chi connectivity index (χ1) is 15.6. The van der Waals surface area contributed by atoms with Gasteiger partial charge in [0.1, 0.15) is 6.04 Å². The first-order valence-electron chi connectivity index (χ1n) is 10.9. The minimum absolute atomic E-state index is 0.222. The Kier molecular flexibility index (Phi) is 6.78. The maximum absolute atomic E-state index is 14.0. The number of hydrogen-bond acceptors (Lipinski definition) is 4. The Morgan fingerprint density at radius 3 is 1.88 bits per heavy atom. The molecule has 0 saturated carbocycles. The van der Waals surface area contributed by atoms with Crippen molar-refractivity contribution in [3.8, 4) is 0 Å². The number of carbonyl (C=O) groups is 2. The van der Waals surface area contributed by atoms with E-state index in [1.807, 2.05) is 78.9 Å². The van der Waals surface area contributed by atoms with Crippen LogP contribution in [0.5, 0.6) is 0 Å². The summed E-state index contributed by atoms with van der Waals surface area (Å²) in [6, 6.07) is 28.1. The second-order valence-corrected chi connectivity index (χ2v) is 8.05. The van der Waals surface area contributed by atoms with Gasteiger partial charge in [0.2, 0.25) is 0 Å². The fourth-order valence-corrected chi connectivity index (χ4v) is 4.30. The number of carboxylic acids is 1. The fraction of sp³-hybridized carbons (Fsp3) is 0.259. The third-order valence-electron chi connectivity index (χ3n) is 6.04. The van der Waals surface area contributed by atoms with Crippen LogP contribution in [0.1, 0.15) is 23.1 Å². The van der Waals surface area contributed by atoms with Crippen LogP contribution >= 0.6 is 0 Å². The van der Waals surface area contributed by atoms with E-state index >= 15 is 0 Å². The highest BCUT2D eigenvalue weighted by molar-refractivity contribution is 5.98. The van der Waals surface area contributed by atoms with Gasteiger partial charge in [-0.2, -0.15) is 0 Å². The SMILES string of the molecule is O=C(O)[C@H]1NC[C@@H]1C(=O)C(OCCCc1ccccc1)(c1ccccc1)c1ccccc1. The number of hydrogen-bond donors (Lipinski definition) is 2. The molecule has 1 saturated heterocycles. The van der Waals surface area contributed by atoms with E-state index in [0.717, 1.165) is 12.8 Å². The molecule has 164 valence electrons. The van der Waals surface area contributed by atoms with E-state index in [9.17, 15) is 14.7 Å². The average molecular weight is 430 g/mol. The largest absolute Gasteiger partial charge is 0.480 e. The van der Waals surface area contributed by atoms with Crippen molar-refractivity contribution in [1.29, 1.82) is 0 Å². The monoisotopic (exact) mass is 429 g/mol. The number of carboxylic acid groups (broad SMARTS) is 1. The van der Waals surface area contributed by atoms with E-state index in [1.54, 1.807) is 0 Å². The summed E-state index contributed by atoms with van der Waals surface area (Å²) in [4.78, 5) is 25.7. The molecule has 5 heteroatoms. The summed E-state index contributed by atoms with van der Waals surface area (Å²) in [5.41, 5.74) is 1.28. The summed E-state index contributed by atoms with van der Waals surface area (Å²) in [6.07, 6.45) is 1.57. The number of Topliss-reactive ketones (excluding diaryl/α,β-unsaturated/α-hetero) is 1. The second kappa shape index (κ2) is 9.90. The van der Waals surface area contributed by atoms with Gasteiger partial charge in [-0.25, -0.2) is 0 Å². The first kappa shape index (κ1) is 21.9. The van der Waals surface area contributed by atoms with Crippen LogP contribution in [0.15, 0.2) is 91.0 Å². The van der Waals surface area contributed by atoms with Gasteiger partial charge in [-0.05, 0) is 29.5 Å². The van der Waals surface area contributed by atoms with E-state index in [0.29, 0.717) is 24.3 Å². The molecule has 0 amide bonds. The minimum Gasteiger partial charge on any atom is -0.480 e. The van der Waals surface area contributed by atoms with Crippen LogP contribution in [-0.4, -0.2) is 36.1 Å². The van der Waals surface area contributed by atoms with Crippen LogP contribution in [0.4, 0.5) is 0 Å². The Hall–Kier alpha value is -3.28. The van der Waals surface area contributed by atoms with Crippen molar-refractivity contribution in [1.82, 2.24) is 5.32 Å². The van der Waals surface area contributed by atoms with Gasteiger partial charge >= 0.3 is 5.97 Å². The summed E-state index contributed by atoms with van der Waals surface area (Å²) < 4.78 is 6.50. The van der Waals surface area contributed by atoms with Gasteiger partial charge in [0.25, 0.3) is 0 Å². The number of benzene rings is 3. The quantitative estimate of drug-likeness (QED) is 0.479. The molecule has 0 radical (unpaired) electrons. The minimum atomic E-state index is -1.36. The molecule has 3 aromatic rings. The lowest BCUT2D eigenvalue weighted by atomic mass is 9.73. The van der Waals surface area contributed by atoms with Gasteiger partial charge < -0.3 is 15.2 Å². The van der Waals surface area contributed by atoms with E-state index in [-0.39, 0.29) is 5.78 Å².